The molecular formula is C19H25N3O3. The van der Waals surface area contributed by atoms with Gasteiger partial charge in [0, 0.05) is 38.0 Å². The minimum Gasteiger partial charge on any atom is -0.496 e. The van der Waals surface area contributed by atoms with Gasteiger partial charge in [0.1, 0.15) is 17.6 Å². The first-order valence-corrected chi connectivity index (χ1v) is 8.70. The van der Waals surface area contributed by atoms with Crippen LogP contribution in [0.5, 0.6) is 5.75 Å². The van der Waals surface area contributed by atoms with Crippen LogP contribution in [-0.2, 0) is 16.6 Å². The third-order valence-corrected chi connectivity index (χ3v) is 4.59. The fraction of sp³-hybridized carbons (Fsp3) is 0.474. The van der Waals surface area contributed by atoms with Crippen molar-refractivity contribution in [3.8, 4) is 5.75 Å². The third-order valence-electron chi connectivity index (χ3n) is 4.59. The van der Waals surface area contributed by atoms with Gasteiger partial charge >= 0.3 is 0 Å². The lowest BCUT2D eigenvalue weighted by molar-refractivity contribution is -0.122. The van der Waals surface area contributed by atoms with Crippen LogP contribution >= 0.6 is 0 Å². The lowest BCUT2D eigenvalue weighted by Gasteiger charge is -2.21. The molecule has 1 aliphatic rings. The molecule has 1 amide bonds. The molecule has 0 radical (unpaired) electrons. The first-order chi connectivity index (χ1) is 12.2. The molecule has 2 atom stereocenters. The second-order valence-electron chi connectivity index (χ2n) is 6.31. The summed E-state index contributed by atoms with van der Waals surface area (Å²) in [7, 11) is 3.55. The SMILES string of the molecule is COc1ccccc1[C@H](NC(=O)CC[C@H]1CCCO1)c1nccn1C. The number of ether oxygens (including phenoxy) is 2. The molecule has 3 rings (SSSR count). The highest BCUT2D eigenvalue weighted by Crippen LogP contribution is 2.29. The molecule has 0 unspecified atom stereocenters. The Bertz CT molecular complexity index is 707. The number of para-hydroxylation sites is 1. The lowest BCUT2D eigenvalue weighted by atomic mass is 10.0. The Morgan fingerprint density at radius 1 is 1.48 bits per heavy atom. The Balaban J connectivity index is 1.77. The first-order valence-electron chi connectivity index (χ1n) is 8.70. The summed E-state index contributed by atoms with van der Waals surface area (Å²) < 4.78 is 13.0. The minimum absolute atomic E-state index is 0.00518. The number of rotatable bonds is 7. The molecule has 2 aromatic rings. The average molecular weight is 343 g/mol. The molecule has 0 spiro atoms. The standard InChI is InChI=1S/C19H25N3O3/c1-22-12-11-20-19(22)18(15-7-3-4-8-16(15)24-2)21-17(23)10-9-14-6-5-13-25-14/h3-4,7-8,11-12,14,18H,5-6,9-10,13H2,1-2H3,(H,21,23)/t14-,18+/m1/s1. The van der Waals surface area contributed by atoms with Gasteiger partial charge < -0.3 is 19.4 Å². The van der Waals surface area contributed by atoms with Crippen LogP contribution in [0.3, 0.4) is 0 Å². The number of aromatic nitrogens is 2. The van der Waals surface area contributed by atoms with Gasteiger partial charge in [0.2, 0.25) is 5.91 Å². The number of amides is 1. The Hall–Kier alpha value is -2.34. The summed E-state index contributed by atoms with van der Waals surface area (Å²) in [6, 6.07) is 7.35. The minimum atomic E-state index is -0.354. The molecule has 0 bridgehead atoms. The Morgan fingerprint density at radius 2 is 2.32 bits per heavy atom. The number of nitrogens with zero attached hydrogens (tertiary/aromatic N) is 2. The van der Waals surface area contributed by atoms with Crippen molar-refractivity contribution in [1.82, 2.24) is 14.9 Å². The topological polar surface area (TPSA) is 65.4 Å². The molecular weight excluding hydrogens is 318 g/mol. The van der Waals surface area contributed by atoms with Gasteiger partial charge in [0.05, 0.1) is 13.2 Å². The number of benzene rings is 1. The number of aryl methyl sites for hydroxylation is 1. The van der Waals surface area contributed by atoms with Gasteiger partial charge in [-0.05, 0) is 25.3 Å². The van der Waals surface area contributed by atoms with E-state index in [4.69, 9.17) is 9.47 Å². The molecule has 0 aliphatic carbocycles. The molecule has 25 heavy (non-hydrogen) atoms. The van der Waals surface area contributed by atoms with Gasteiger partial charge in [-0.3, -0.25) is 4.79 Å². The normalized spacial score (nSPS) is 18.1. The summed E-state index contributed by atoms with van der Waals surface area (Å²) in [5.74, 6) is 1.50. The second-order valence-corrected chi connectivity index (χ2v) is 6.31. The van der Waals surface area contributed by atoms with Gasteiger partial charge in [-0.25, -0.2) is 4.98 Å². The Kier molecular flexibility index (Phi) is 5.71. The quantitative estimate of drug-likeness (QED) is 0.839. The molecule has 6 nitrogen and oxygen atoms in total. The monoisotopic (exact) mass is 343 g/mol. The summed E-state index contributed by atoms with van der Waals surface area (Å²) in [5.41, 5.74) is 0.893. The van der Waals surface area contributed by atoms with E-state index < -0.39 is 0 Å². The van der Waals surface area contributed by atoms with E-state index in [2.05, 4.69) is 10.3 Å². The van der Waals surface area contributed by atoms with E-state index in [0.29, 0.717) is 6.42 Å². The maximum absolute atomic E-state index is 12.5. The van der Waals surface area contributed by atoms with E-state index in [1.807, 2.05) is 42.1 Å². The highest BCUT2D eigenvalue weighted by atomic mass is 16.5. The summed E-state index contributed by atoms with van der Waals surface area (Å²) in [4.78, 5) is 17.0. The summed E-state index contributed by atoms with van der Waals surface area (Å²) in [6.07, 6.45) is 7.15. The van der Waals surface area contributed by atoms with E-state index in [1.165, 1.54) is 0 Å². The van der Waals surface area contributed by atoms with Gasteiger partial charge in [-0.2, -0.15) is 0 Å². The zero-order valence-corrected chi connectivity index (χ0v) is 14.8. The number of hydrogen-bond donors (Lipinski definition) is 1. The van der Waals surface area contributed by atoms with Crippen molar-refractivity contribution >= 4 is 5.91 Å². The zero-order chi connectivity index (χ0) is 17.6. The summed E-state index contributed by atoms with van der Waals surface area (Å²) in [5, 5.41) is 3.12. The number of hydrogen-bond acceptors (Lipinski definition) is 4. The highest BCUT2D eigenvalue weighted by molar-refractivity contribution is 5.77. The van der Waals surface area contributed by atoms with Crippen LogP contribution in [0.25, 0.3) is 0 Å². The number of carbonyl (C=O) groups is 1. The maximum Gasteiger partial charge on any atom is 0.220 e. The Morgan fingerprint density at radius 3 is 3.00 bits per heavy atom. The average Bonchev–Trinajstić information content (AvgIpc) is 3.29. The molecule has 2 heterocycles. The largest absolute Gasteiger partial charge is 0.496 e. The molecule has 1 N–H and O–H groups in total. The van der Waals surface area contributed by atoms with Gasteiger partial charge in [0.15, 0.2) is 0 Å². The van der Waals surface area contributed by atoms with Crippen LogP contribution < -0.4 is 10.1 Å². The highest BCUT2D eigenvalue weighted by Gasteiger charge is 2.24. The predicted octanol–water partition coefficient (Wildman–Crippen LogP) is 2.59. The number of imidazole rings is 1. The van der Waals surface area contributed by atoms with Gasteiger partial charge in [-0.1, -0.05) is 18.2 Å². The number of methoxy groups -OCH3 is 1. The van der Waals surface area contributed by atoms with Crippen molar-refractivity contribution in [2.24, 2.45) is 7.05 Å². The van der Waals surface area contributed by atoms with Gasteiger partial charge in [-0.15, -0.1) is 0 Å². The van der Waals surface area contributed by atoms with E-state index in [9.17, 15) is 4.79 Å². The van der Waals surface area contributed by atoms with E-state index in [0.717, 1.165) is 43.0 Å². The Labute approximate surface area is 148 Å². The molecule has 0 saturated carbocycles. The second kappa shape index (κ2) is 8.16. The van der Waals surface area contributed by atoms with E-state index >= 15 is 0 Å². The summed E-state index contributed by atoms with van der Waals surface area (Å²) in [6.45, 7) is 0.809. The maximum atomic E-state index is 12.5. The third kappa shape index (κ3) is 4.20. The molecule has 1 aliphatic heterocycles. The summed E-state index contributed by atoms with van der Waals surface area (Å²) >= 11 is 0. The molecule has 1 aromatic heterocycles. The molecule has 1 fully saturated rings. The van der Waals surface area contributed by atoms with Crippen LogP contribution in [0.2, 0.25) is 0 Å². The molecule has 1 aromatic carbocycles. The van der Waals surface area contributed by atoms with Crippen LogP contribution in [0.15, 0.2) is 36.7 Å². The van der Waals surface area contributed by atoms with Crippen LogP contribution in [0.1, 0.15) is 43.1 Å². The van der Waals surface area contributed by atoms with Crippen molar-refractivity contribution in [2.75, 3.05) is 13.7 Å². The van der Waals surface area contributed by atoms with Gasteiger partial charge in [0.25, 0.3) is 0 Å². The zero-order valence-electron chi connectivity index (χ0n) is 14.8. The van der Waals surface area contributed by atoms with E-state index in [-0.39, 0.29) is 18.1 Å². The van der Waals surface area contributed by atoms with Crippen LogP contribution in [0, 0.1) is 0 Å². The number of nitrogens with one attached hydrogen (secondary N) is 1. The predicted molar refractivity (Wildman–Crippen MR) is 94.4 cm³/mol. The fourth-order valence-corrected chi connectivity index (χ4v) is 3.24. The van der Waals surface area contributed by atoms with Crippen molar-refractivity contribution in [1.29, 1.82) is 0 Å². The van der Waals surface area contributed by atoms with Crippen LogP contribution in [-0.4, -0.2) is 35.3 Å². The first kappa shape index (κ1) is 17.5. The van der Waals surface area contributed by atoms with Crippen molar-refractivity contribution in [3.63, 3.8) is 0 Å². The van der Waals surface area contributed by atoms with E-state index in [1.54, 1.807) is 13.3 Å². The van der Waals surface area contributed by atoms with Crippen molar-refractivity contribution < 1.29 is 14.3 Å². The van der Waals surface area contributed by atoms with Crippen molar-refractivity contribution in [3.05, 3.63) is 48.0 Å². The van der Waals surface area contributed by atoms with Crippen molar-refractivity contribution in [2.45, 2.75) is 37.8 Å². The lowest BCUT2D eigenvalue weighted by Crippen LogP contribution is -2.31. The molecule has 1 saturated heterocycles. The molecule has 6 heteroatoms. The molecule has 134 valence electrons. The number of carbonyl (C=O) groups excluding carboxylic acids is 1. The van der Waals surface area contributed by atoms with Crippen LogP contribution in [0.4, 0.5) is 0 Å². The fourth-order valence-electron chi connectivity index (χ4n) is 3.24. The smallest absolute Gasteiger partial charge is 0.220 e.